The topological polar surface area (TPSA) is 109 Å². The molecule has 2 aromatic rings. The smallest absolute Gasteiger partial charge is 0.420 e. The molecule has 10 heteroatoms. The lowest BCUT2D eigenvalue weighted by molar-refractivity contribution is -0.159. The molecule has 9 nitrogen and oxygen atoms in total. The number of aliphatic carboxylic acids is 1. The van der Waals surface area contributed by atoms with Crippen LogP contribution in [0, 0.1) is 5.41 Å². The van der Waals surface area contributed by atoms with E-state index in [1.54, 1.807) is 13.1 Å². The van der Waals surface area contributed by atoms with Crippen LogP contribution in [0.2, 0.25) is 0 Å². The van der Waals surface area contributed by atoms with Gasteiger partial charge in [0.1, 0.15) is 17.7 Å². The molecule has 0 spiro atoms. The molecule has 3 heterocycles. The third kappa shape index (κ3) is 5.46. The highest BCUT2D eigenvalue weighted by atomic mass is 79.9. The van der Waals surface area contributed by atoms with Crippen molar-refractivity contribution in [3.8, 4) is 5.88 Å². The Balaban J connectivity index is 1.78. The molecule has 1 fully saturated rings. The van der Waals surface area contributed by atoms with Gasteiger partial charge in [0, 0.05) is 18.0 Å². The van der Waals surface area contributed by atoms with Crippen LogP contribution < -0.4 is 4.74 Å². The number of carboxylic acids is 1. The Labute approximate surface area is 231 Å². The fourth-order valence-electron chi connectivity index (χ4n) is 5.48. The van der Waals surface area contributed by atoms with Gasteiger partial charge in [-0.1, -0.05) is 39.8 Å². The first-order valence-electron chi connectivity index (χ1n) is 13.2. The monoisotopic (exact) mass is 589 g/mol. The molecule has 1 aromatic heterocycles. The number of fused-ring (bicyclic) bond motifs is 3. The number of halogens is 1. The first-order valence-corrected chi connectivity index (χ1v) is 13.9. The minimum absolute atomic E-state index is 0.0548. The van der Waals surface area contributed by atoms with Crippen LogP contribution in [-0.2, 0) is 20.7 Å². The summed E-state index contributed by atoms with van der Waals surface area (Å²) in [5.74, 6) is -1.15. The number of pyridine rings is 1. The van der Waals surface area contributed by atoms with E-state index in [-0.39, 0.29) is 26.0 Å². The number of aromatic nitrogens is 1. The van der Waals surface area contributed by atoms with Gasteiger partial charge in [-0.25, -0.2) is 18.5 Å². The van der Waals surface area contributed by atoms with Gasteiger partial charge in [-0.2, -0.15) is 0 Å². The summed E-state index contributed by atoms with van der Waals surface area (Å²) in [6.07, 6.45) is 4.05. The van der Waals surface area contributed by atoms with Crippen LogP contribution in [0.3, 0.4) is 0 Å². The van der Waals surface area contributed by atoms with Gasteiger partial charge in [0.25, 0.3) is 0 Å². The van der Waals surface area contributed by atoms with Gasteiger partial charge >= 0.3 is 12.1 Å². The maximum atomic E-state index is 14.1. The van der Waals surface area contributed by atoms with E-state index in [0.717, 1.165) is 39.5 Å². The van der Waals surface area contributed by atoms with Gasteiger partial charge in [-0.15, -0.1) is 0 Å². The maximum Gasteiger partial charge on any atom is 0.420 e. The van der Waals surface area contributed by atoms with E-state index < -0.39 is 41.1 Å². The fraction of sp³-hybridized carbons (Fsp3) is 0.571. The Morgan fingerprint density at radius 1 is 1.21 bits per heavy atom. The van der Waals surface area contributed by atoms with E-state index in [1.807, 2.05) is 32.9 Å². The van der Waals surface area contributed by atoms with Crippen molar-refractivity contribution < 1.29 is 29.0 Å². The molecule has 0 aliphatic carbocycles. The number of hydrogen-bond acceptors (Lipinski definition) is 6. The molecule has 4 bridgehead atoms. The van der Waals surface area contributed by atoms with E-state index in [9.17, 15) is 19.5 Å². The zero-order chi connectivity index (χ0) is 27.7. The third-order valence-electron chi connectivity index (χ3n) is 7.58. The largest absolute Gasteiger partial charge is 0.479 e. The number of nitrogens with zero attached hydrogens (tertiary/aromatic N) is 3. The summed E-state index contributed by atoms with van der Waals surface area (Å²) >= 11 is 3.29. The zero-order valence-corrected chi connectivity index (χ0v) is 24.0. The molecule has 3 atom stereocenters. The molecule has 0 unspecified atom stereocenters. The van der Waals surface area contributed by atoms with Crippen LogP contribution in [0.4, 0.5) is 4.79 Å². The van der Waals surface area contributed by atoms with E-state index in [1.165, 1.54) is 4.90 Å². The lowest BCUT2D eigenvalue weighted by atomic mass is 9.84. The van der Waals surface area contributed by atoms with Gasteiger partial charge in [0.15, 0.2) is 0 Å². The average molecular weight is 591 g/mol. The van der Waals surface area contributed by atoms with Crippen molar-refractivity contribution in [1.29, 1.82) is 0 Å². The molecule has 4 rings (SSSR count). The number of hydrogen-bond donors (Lipinski definition) is 1. The summed E-state index contributed by atoms with van der Waals surface area (Å²) in [6, 6.07) is 7.11. The summed E-state index contributed by atoms with van der Waals surface area (Å²) in [4.78, 5) is 45.6. The number of amides is 2. The SMILES string of the molecule is CC[C@@]1(C(=O)O)C[C@H]2CN1C(=O)[C@H](C(C)(C)C)N(Br)C(=O)OCCCCCc1ccc3ccnc(c3c1)O2. The van der Waals surface area contributed by atoms with E-state index in [4.69, 9.17) is 9.47 Å². The van der Waals surface area contributed by atoms with Crippen LogP contribution in [0.15, 0.2) is 30.5 Å². The second-order valence-electron chi connectivity index (χ2n) is 11.3. The van der Waals surface area contributed by atoms with Crippen LogP contribution in [0.1, 0.15) is 65.4 Å². The standard InChI is InChI=1S/C28H36BrN3O6/c1-5-28(25(34)35)16-20-17-31(28)24(33)22(27(2,3)4)32(29)26(36)37-14-8-6-7-9-18-10-11-19-12-13-30-23(38-20)21(19)15-18/h10-13,15,20,22H,5-9,14,16-17H2,1-4H3,(H,34,35)/t20-,22+,28-/m0/s1. The summed E-state index contributed by atoms with van der Waals surface area (Å²) in [7, 11) is 0. The van der Waals surface area contributed by atoms with Gasteiger partial charge in [-0.05, 0) is 60.6 Å². The first kappa shape index (κ1) is 28.1. The molecular weight excluding hydrogens is 554 g/mol. The van der Waals surface area contributed by atoms with E-state index >= 15 is 0 Å². The number of rotatable bonds is 2. The Morgan fingerprint density at radius 3 is 2.66 bits per heavy atom. The van der Waals surface area contributed by atoms with Crippen LogP contribution in [-0.4, -0.2) is 67.7 Å². The van der Waals surface area contributed by atoms with Gasteiger partial charge in [-0.3, -0.25) is 4.79 Å². The quantitative estimate of drug-likeness (QED) is 0.471. The molecular formula is C28H36BrN3O6. The second kappa shape index (κ2) is 11.1. The zero-order valence-electron chi connectivity index (χ0n) is 22.4. The molecule has 1 saturated heterocycles. The number of carboxylic acid groups (broad SMARTS) is 1. The van der Waals surface area contributed by atoms with Crippen LogP contribution in [0.25, 0.3) is 10.8 Å². The Bertz CT molecular complexity index is 1210. The number of aryl methyl sites for hydroxylation is 1. The first-order chi connectivity index (χ1) is 18.0. The molecule has 2 aliphatic rings. The molecule has 1 aromatic carbocycles. The van der Waals surface area contributed by atoms with Crippen molar-refractivity contribution in [2.45, 2.75) is 83.9 Å². The Hall–Kier alpha value is -2.88. The number of carbonyl (C=O) groups is 3. The van der Waals surface area contributed by atoms with Crippen LogP contribution in [0.5, 0.6) is 5.88 Å². The highest BCUT2D eigenvalue weighted by Crippen LogP contribution is 2.39. The molecule has 0 saturated carbocycles. The van der Waals surface area contributed by atoms with E-state index in [0.29, 0.717) is 12.3 Å². The van der Waals surface area contributed by atoms with Crippen molar-refractivity contribution in [2.24, 2.45) is 5.41 Å². The highest BCUT2D eigenvalue weighted by molar-refractivity contribution is 9.07. The van der Waals surface area contributed by atoms with Crippen molar-refractivity contribution >= 4 is 44.9 Å². The number of benzene rings is 1. The molecule has 1 N–H and O–H groups in total. The highest BCUT2D eigenvalue weighted by Gasteiger charge is 2.56. The summed E-state index contributed by atoms with van der Waals surface area (Å²) in [5.41, 5.74) is -1.06. The molecule has 2 aliphatic heterocycles. The predicted octanol–water partition coefficient (Wildman–Crippen LogP) is 5.34. The summed E-state index contributed by atoms with van der Waals surface area (Å²) < 4.78 is 13.0. The second-order valence-corrected chi connectivity index (χ2v) is 12.0. The van der Waals surface area contributed by atoms with Gasteiger partial charge in [0.05, 0.1) is 29.3 Å². The van der Waals surface area contributed by atoms with Crippen LogP contribution >= 0.6 is 16.1 Å². The minimum atomic E-state index is -1.48. The van der Waals surface area contributed by atoms with Crippen molar-refractivity contribution in [2.75, 3.05) is 13.2 Å². The van der Waals surface area contributed by atoms with Crippen molar-refractivity contribution in [1.82, 2.24) is 13.8 Å². The molecule has 38 heavy (non-hydrogen) atoms. The summed E-state index contributed by atoms with van der Waals surface area (Å²) in [5, 5.41) is 12.2. The number of cyclic esters (lactones) is 1. The lowest BCUT2D eigenvalue weighted by Crippen LogP contribution is -2.60. The predicted molar refractivity (Wildman–Crippen MR) is 146 cm³/mol. The Morgan fingerprint density at radius 2 is 1.97 bits per heavy atom. The minimum Gasteiger partial charge on any atom is -0.479 e. The van der Waals surface area contributed by atoms with E-state index in [2.05, 4.69) is 33.3 Å². The molecule has 206 valence electrons. The third-order valence-corrected chi connectivity index (χ3v) is 8.28. The van der Waals surface area contributed by atoms with Crippen molar-refractivity contribution in [3.05, 3.63) is 36.0 Å². The Kier molecular flexibility index (Phi) is 8.20. The molecule has 2 amide bonds. The van der Waals surface area contributed by atoms with Crippen molar-refractivity contribution in [3.63, 3.8) is 0 Å². The van der Waals surface area contributed by atoms with Gasteiger partial charge in [0.2, 0.25) is 11.8 Å². The molecule has 0 radical (unpaired) electrons. The normalized spacial score (nSPS) is 25.6. The number of ether oxygens (including phenoxy) is 2. The maximum absolute atomic E-state index is 14.1. The number of carbonyl (C=O) groups excluding carboxylic acids is 2. The summed E-state index contributed by atoms with van der Waals surface area (Å²) in [6.45, 7) is 7.53. The van der Waals surface area contributed by atoms with Gasteiger partial charge < -0.3 is 19.5 Å². The lowest BCUT2D eigenvalue weighted by Gasteiger charge is -2.41. The average Bonchev–Trinajstić information content (AvgIpc) is 3.24. The fourth-order valence-corrected chi connectivity index (χ4v) is 6.38.